The van der Waals surface area contributed by atoms with Gasteiger partial charge in [-0.1, -0.05) is 29.8 Å². The molecule has 0 bridgehead atoms. The van der Waals surface area contributed by atoms with E-state index in [1.165, 1.54) is 0 Å². The summed E-state index contributed by atoms with van der Waals surface area (Å²) >= 11 is 6.30. The maximum Gasteiger partial charge on any atom is 0.222 e. The minimum absolute atomic E-state index is 0.0541. The molecule has 2 atom stereocenters. The van der Waals surface area contributed by atoms with E-state index in [0.29, 0.717) is 32.7 Å². The van der Waals surface area contributed by atoms with Crippen LogP contribution in [-0.2, 0) is 22.6 Å². The molecule has 0 saturated carbocycles. The molecule has 2 unspecified atom stereocenters. The van der Waals surface area contributed by atoms with E-state index >= 15 is 0 Å². The van der Waals surface area contributed by atoms with Crippen molar-refractivity contribution < 1.29 is 9.53 Å². The molecule has 5 heterocycles. The maximum atomic E-state index is 12.5. The van der Waals surface area contributed by atoms with E-state index < -0.39 is 0 Å². The monoisotopic (exact) mass is 519 g/mol. The Bertz CT molecular complexity index is 1350. The normalized spacial score (nSPS) is 21.0. The second-order valence-corrected chi connectivity index (χ2v) is 10.2. The van der Waals surface area contributed by atoms with Crippen molar-refractivity contribution in [2.24, 2.45) is 0 Å². The molecule has 1 aromatic carbocycles. The van der Waals surface area contributed by atoms with Gasteiger partial charge in [0.25, 0.3) is 0 Å². The number of hydrogen-bond donors (Lipinski definition) is 1. The van der Waals surface area contributed by atoms with Crippen molar-refractivity contribution in [3.05, 3.63) is 76.6 Å². The Kier molecular flexibility index (Phi) is 6.56. The lowest BCUT2D eigenvalue weighted by Crippen LogP contribution is -2.39. The number of halogens is 1. The first kappa shape index (κ1) is 23.9. The van der Waals surface area contributed by atoms with Gasteiger partial charge in [0.2, 0.25) is 5.91 Å². The van der Waals surface area contributed by atoms with E-state index in [1.54, 1.807) is 0 Å². The summed E-state index contributed by atoms with van der Waals surface area (Å²) in [7, 11) is 0. The van der Waals surface area contributed by atoms with Crippen molar-refractivity contribution in [1.29, 1.82) is 0 Å². The predicted octanol–water partition coefficient (Wildman–Crippen LogP) is 3.62. The predicted molar refractivity (Wildman–Crippen MR) is 140 cm³/mol. The third-order valence-electron chi connectivity index (χ3n) is 7.28. The highest BCUT2D eigenvalue weighted by atomic mass is 35.5. The first-order valence-electron chi connectivity index (χ1n) is 12.8. The molecule has 3 aromatic rings. The third kappa shape index (κ3) is 4.93. The summed E-state index contributed by atoms with van der Waals surface area (Å²) in [6.07, 6.45) is 10.6. The Hall–Kier alpha value is -3.43. The molecule has 3 aliphatic rings. The summed E-state index contributed by atoms with van der Waals surface area (Å²) in [5, 5.41) is 17.3. The summed E-state index contributed by atoms with van der Waals surface area (Å²) < 4.78 is 9.41. The summed E-state index contributed by atoms with van der Waals surface area (Å²) in [6.45, 7) is 4.62. The van der Waals surface area contributed by atoms with Crippen LogP contribution in [-0.4, -0.2) is 60.6 Å². The Labute approximate surface area is 220 Å². The number of carbonyl (C=O) groups excluding carboxylic acids is 1. The molecular formula is C27H30ClN7O2. The number of nitrogens with one attached hydrogen (secondary N) is 1. The Balaban J connectivity index is 1.22. The van der Waals surface area contributed by atoms with Gasteiger partial charge < -0.3 is 19.5 Å². The molecule has 1 amide bonds. The van der Waals surface area contributed by atoms with Gasteiger partial charge in [0, 0.05) is 50.0 Å². The number of ether oxygens (including phenoxy) is 1. The minimum atomic E-state index is 0.0541. The van der Waals surface area contributed by atoms with E-state index in [-0.39, 0.29) is 24.0 Å². The lowest BCUT2D eigenvalue weighted by Gasteiger charge is -2.33. The second-order valence-electron chi connectivity index (χ2n) is 9.79. The summed E-state index contributed by atoms with van der Waals surface area (Å²) in [5.74, 6) is 1.80. The highest BCUT2D eigenvalue weighted by molar-refractivity contribution is 6.30. The zero-order valence-electron chi connectivity index (χ0n) is 20.8. The van der Waals surface area contributed by atoms with Crippen LogP contribution in [0.4, 0.5) is 0 Å². The largest absolute Gasteiger partial charge is 0.381 e. The van der Waals surface area contributed by atoms with Gasteiger partial charge in [-0.15, -0.1) is 10.2 Å². The molecule has 9 nitrogen and oxygen atoms in total. The Morgan fingerprint density at radius 3 is 2.89 bits per heavy atom. The number of aromatic nitrogens is 5. The van der Waals surface area contributed by atoms with Crippen molar-refractivity contribution in [3.63, 3.8) is 0 Å². The van der Waals surface area contributed by atoms with Crippen molar-refractivity contribution in [1.82, 2.24) is 34.8 Å². The first-order chi connectivity index (χ1) is 18.0. The number of carbonyl (C=O) groups is 1. The van der Waals surface area contributed by atoms with Crippen LogP contribution in [0.5, 0.6) is 0 Å². The second kappa shape index (κ2) is 10.1. The van der Waals surface area contributed by atoms with E-state index in [4.69, 9.17) is 21.4 Å². The van der Waals surface area contributed by atoms with E-state index in [0.717, 1.165) is 46.5 Å². The average Bonchev–Trinajstić information content (AvgIpc) is 3.61. The number of rotatable bonds is 7. The van der Waals surface area contributed by atoms with Crippen molar-refractivity contribution in [2.75, 3.05) is 13.2 Å². The third-order valence-corrected chi connectivity index (χ3v) is 7.52. The molecule has 1 N–H and O–H groups in total. The molecule has 0 aliphatic carbocycles. The number of aryl methyl sites for hydroxylation is 2. The fourth-order valence-corrected chi connectivity index (χ4v) is 5.65. The van der Waals surface area contributed by atoms with Crippen LogP contribution in [0.3, 0.4) is 0 Å². The Morgan fingerprint density at radius 2 is 2.05 bits per heavy atom. The van der Waals surface area contributed by atoms with Crippen molar-refractivity contribution in [3.8, 4) is 0 Å². The molecule has 6 rings (SSSR count). The lowest BCUT2D eigenvalue weighted by atomic mass is 10.1. The van der Waals surface area contributed by atoms with Gasteiger partial charge in [-0.3, -0.25) is 9.48 Å². The number of benzene rings is 1. The molecule has 1 saturated heterocycles. The van der Waals surface area contributed by atoms with E-state index in [1.807, 2.05) is 48.1 Å². The fraction of sp³-hybridized carbons (Fsp3) is 0.407. The average molecular weight is 520 g/mol. The van der Waals surface area contributed by atoms with E-state index in [9.17, 15) is 4.79 Å². The van der Waals surface area contributed by atoms with Gasteiger partial charge in [0.05, 0.1) is 17.8 Å². The van der Waals surface area contributed by atoms with E-state index in [2.05, 4.69) is 43.2 Å². The SMILES string of the molecule is Cc1nnc2n1C1C=C(c3ccn(CCC(=O)NC4CCOCC4)n3)N(Cc3cccc(Cl)c3)C1C=C2. The molecule has 192 valence electrons. The van der Waals surface area contributed by atoms with Crippen LogP contribution in [0.15, 0.2) is 48.7 Å². The molecular weight excluding hydrogens is 490 g/mol. The van der Waals surface area contributed by atoms with Crippen molar-refractivity contribution in [2.45, 2.75) is 57.4 Å². The quantitative estimate of drug-likeness (QED) is 0.513. The van der Waals surface area contributed by atoms with Crippen LogP contribution in [0, 0.1) is 6.92 Å². The topological polar surface area (TPSA) is 90.1 Å². The molecule has 3 aliphatic heterocycles. The van der Waals surface area contributed by atoms with Crippen LogP contribution in [0.2, 0.25) is 5.02 Å². The molecule has 1 fully saturated rings. The molecule has 2 aromatic heterocycles. The minimum Gasteiger partial charge on any atom is -0.381 e. The summed E-state index contributed by atoms with van der Waals surface area (Å²) in [6, 6.07) is 10.4. The van der Waals surface area contributed by atoms with Crippen molar-refractivity contribution >= 4 is 29.3 Å². The zero-order valence-corrected chi connectivity index (χ0v) is 21.5. The van der Waals surface area contributed by atoms with Crippen LogP contribution in [0.25, 0.3) is 11.8 Å². The zero-order chi connectivity index (χ0) is 25.4. The lowest BCUT2D eigenvalue weighted by molar-refractivity contribution is -0.122. The van der Waals surface area contributed by atoms with Crippen LogP contribution < -0.4 is 5.32 Å². The summed E-state index contributed by atoms with van der Waals surface area (Å²) in [4.78, 5) is 14.8. The smallest absolute Gasteiger partial charge is 0.222 e. The van der Waals surface area contributed by atoms with Gasteiger partial charge in [0.15, 0.2) is 5.82 Å². The fourth-order valence-electron chi connectivity index (χ4n) is 5.43. The summed E-state index contributed by atoms with van der Waals surface area (Å²) in [5.41, 5.74) is 3.05. The van der Waals surface area contributed by atoms with Crippen LogP contribution in [0.1, 0.15) is 48.2 Å². The highest BCUT2D eigenvalue weighted by Gasteiger charge is 2.39. The molecule has 37 heavy (non-hydrogen) atoms. The maximum absolute atomic E-state index is 12.5. The number of nitrogens with zero attached hydrogens (tertiary/aromatic N) is 6. The standard InChI is InChI=1S/C27H30ClN7O2/c1-18-30-31-26-6-5-23-25(35(18)26)16-24(34(23)17-19-3-2-4-20(28)15-19)22-7-11-33(32-22)12-8-27(36)29-21-9-13-37-14-10-21/h2-7,11,15-16,21,23,25H,8-10,12-14,17H2,1H3,(H,29,36). The Morgan fingerprint density at radius 1 is 1.19 bits per heavy atom. The van der Waals surface area contributed by atoms with Gasteiger partial charge in [0.1, 0.15) is 11.5 Å². The highest BCUT2D eigenvalue weighted by Crippen LogP contribution is 2.41. The first-order valence-corrected chi connectivity index (χ1v) is 13.2. The molecule has 0 radical (unpaired) electrons. The number of amides is 1. The van der Waals surface area contributed by atoms with Gasteiger partial charge in [-0.05, 0) is 55.7 Å². The van der Waals surface area contributed by atoms with Crippen LogP contribution >= 0.6 is 11.6 Å². The van der Waals surface area contributed by atoms with Gasteiger partial charge >= 0.3 is 0 Å². The molecule has 0 spiro atoms. The number of hydrogen-bond acceptors (Lipinski definition) is 6. The van der Waals surface area contributed by atoms with Gasteiger partial charge in [-0.2, -0.15) is 5.10 Å². The van der Waals surface area contributed by atoms with Gasteiger partial charge in [-0.25, -0.2) is 0 Å². The molecule has 10 heteroatoms. The number of fused-ring (bicyclic) bond motifs is 3.